The summed E-state index contributed by atoms with van der Waals surface area (Å²) in [5.41, 5.74) is -0.478. The maximum absolute atomic E-state index is 11.8. The highest BCUT2D eigenvalue weighted by molar-refractivity contribution is 7.85. The first-order chi connectivity index (χ1) is 14.1. The number of nitrogens with zero attached hydrogens (tertiary/aromatic N) is 1. The Morgan fingerprint density at radius 3 is 2.03 bits per heavy atom. The van der Waals surface area contributed by atoms with E-state index in [0.717, 1.165) is 19.3 Å². The third-order valence-corrected chi connectivity index (χ3v) is 6.07. The zero-order valence-corrected chi connectivity index (χ0v) is 21.7. The summed E-state index contributed by atoms with van der Waals surface area (Å²) < 4.78 is 42.3. The van der Waals surface area contributed by atoms with Crippen LogP contribution in [0.3, 0.4) is 0 Å². The zero-order valence-electron chi connectivity index (χ0n) is 20.9. The molecule has 0 spiro atoms. The van der Waals surface area contributed by atoms with Crippen LogP contribution in [-0.4, -0.2) is 75.5 Å². The minimum absolute atomic E-state index is 0.0547. The van der Waals surface area contributed by atoms with Crippen LogP contribution in [0.4, 0.5) is 0 Å². The zero-order chi connectivity index (χ0) is 24.7. The molecule has 0 heterocycles. The molecule has 0 aromatic carbocycles. The van der Waals surface area contributed by atoms with Gasteiger partial charge in [-0.25, -0.2) is 8.42 Å². The second-order valence-corrected chi connectivity index (χ2v) is 10.7. The summed E-state index contributed by atoms with van der Waals surface area (Å²) in [5, 5.41) is 0. The van der Waals surface area contributed by atoms with Gasteiger partial charge >= 0.3 is 11.9 Å². The predicted molar refractivity (Wildman–Crippen MR) is 121 cm³/mol. The van der Waals surface area contributed by atoms with Gasteiger partial charge in [0.05, 0.1) is 48.7 Å². The van der Waals surface area contributed by atoms with E-state index < -0.39 is 15.5 Å². The van der Waals surface area contributed by atoms with E-state index >= 15 is 0 Å². The Morgan fingerprint density at radius 1 is 1.00 bits per heavy atom. The van der Waals surface area contributed by atoms with Crippen LogP contribution in [0.25, 0.3) is 0 Å². The van der Waals surface area contributed by atoms with Crippen molar-refractivity contribution in [3.8, 4) is 0 Å². The highest BCUT2D eigenvalue weighted by Crippen LogP contribution is 2.21. The number of ether oxygens (including phenoxy) is 2. The van der Waals surface area contributed by atoms with Gasteiger partial charge < -0.3 is 18.5 Å². The highest BCUT2D eigenvalue weighted by Gasteiger charge is 2.27. The number of carbonyl (C=O) groups excluding carboxylic acids is 2. The minimum Gasteiger partial charge on any atom is -0.748 e. The van der Waals surface area contributed by atoms with E-state index in [2.05, 4.69) is 6.92 Å². The van der Waals surface area contributed by atoms with Crippen LogP contribution in [0, 0.1) is 11.3 Å². The molecule has 1 unspecified atom stereocenters. The summed E-state index contributed by atoms with van der Waals surface area (Å²) in [6, 6.07) is 0. The molecule has 186 valence electrons. The molecule has 0 aliphatic carbocycles. The monoisotopic (exact) mass is 467 g/mol. The fourth-order valence-electron chi connectivity index (χ4n) is 2.13. The molecule has 0 saturated carbocycles. The largest absolute Gasteiger partial charge is 0.748 e. The Hall–Kier alpha value is -1.19. The number of esters is 2. The first-order valence-corrected chi connectivity index (χ1v) is 12.8. The lowest BCUT2D eigenvalue weighted by Crippen LogP contribution is -2.44. The van der Waals surface area contributed by atoms with Crippen molar-refractivity contribution in [2.75, 3.05) is 46.2 Å². The smallest absolute Gasteiger partial charge is 0.311 e. The molecule has 0 aliphatic heterocycles. The molecule has 0 radical (unpaired) electrons. The average Bonchev–Trinajstić information content (AvgIpc) is 2.66. The maximum atomic E-state index is 11.8. The molecule has 8 nitrogen and oxygen atoms in total. The van der Waals surface area contributed by atoms with Crippen LogP contribution in [-0.2, 0) is 29.2 Å². The maximum Gasteiger partial charge on any atom is 0.311 e. The van der Waals surface area contributed by atoms with Gasteiger partial charge in [0.2, 0.25) is 0 Å². The van der Waals surface area contributed by atoms with Crippen molar-refractivity contribution in [2.24, 2.45) is 11.3 Å². The second kappa shape index (κ2) is 15.6. The molecule has 0 amide bonds. The molecule has 0 N–H and O–H groups in total. The number of likely N-dealkylation sites (N-methyl/N-ethyl adjacent to an activating group) is 1. The van der Waals surface area contributed by atoms with Gasteiger partial charge in [0.1, 0.15) is 13.2 Å². The van der Waals surface area contributed by atoms with Crippen LogP contribution in [0.2, 0.25) is 0 Å². The van der Waals surface area contributed by atoms with Gasteiger partial charge in [-0.05, 0) is 33.1 Å². The number of carbonyl (C=O) groups is 2. The van der Waals surface area contributed by atoms with Crippen molar-refractivity contribution >= 4 is 22.1 Å². The van der Waals surface area contributed by atoms with E-state index in [1.165, 1.54) is 0 Å². The lowest BCUT2D eigenvalue weighted by atomic mass is 9.91. The normalized spacial score (nSPS) is 13.1. The van der Waals surface area contributed by atoms with Crippen molar-refractivity contribution < 1.29 is 36.5 Å². The summed E-state index contributed by atoms with van der Waals surface area (Å²) in [4.78, 5) is 22.8. The number of unbranched alkanes of at least 4 members (excludes halogenated alkanes) is 1. The van der Waals surface area contributed by atoms with E-state index in [1.54, 1.807) is 0 Å². The molecule has 0 rings (SSSR count). The van der Waals surface area contributed by atoms with Crippen molar-refractivity contribution in [1.29, 1.82) is 0 Å². The van der Waals surface area contributed by atoms with Crippen LogP contribution in [0.1, 0.15) is 73.6 Å². The Bertz CT molecular complexity index is 615. The first-order valence-electron chi connectivity index (χ1n) is 11.2. The lowest BCUT2D eigenvalue weighted by molar-refractivity contribution is -0.890. The van der Waals surface area contributed by atoms with Crippen LogP contribution in [0.5, 0.6) is 0 Å². The molecule has 0 aromatic rings. The summed E-state index contributed by atoms with van der Waals surface area (Å²) >= 11 is 0. The van der Waals surface area contributed by atoms with E-state index in [1.807, 2.05) is 48.7 Å². The van der Waals surface area contributed by atoms with Crippen molar-refractivity contribution in [3.05, 3.63) is 0 Å². The van der Waals surface area contributed by atoms with Gasteiger partial charge in [-0.2, -0.15) is 0 Å². The fraction of sp³-hybridized carbons (Fsp3) is 0.909. The average molecular weight is 468 g/mol. The quantitative estimate of drug-likeness (QED) is 0.167. The van der Waals surface area contributed by atoms with Crippen LogP contribution < -0.4 is 0 Å². The van der Waals surface area contributed by atoms with E-state index in [0.29, 0.717) is 43.6 Å². The van der Waals surface area contributed by atoms with Gasteiger partial charge in [-0.15, -0.1) is 0 Å². The van der Waals surface area contributed by atoms with E-state index in [-0.39, 0.29) is 23.6 Å². The van der Waals surface area contributed by atoms with Crippen molar-refractivity contribution in [3.63, 3.8) is 0 Å². The second-order valence-electron chi connectivity index (χ2n) is 9.20. The van der Waals surface area contributed by atoms with Crippen molar-refractivity contribution in [2.45, 2.75) is 73.6 Å². The van der Waals surface area contributed by atoms with E-state index in [9.17, 15) is 22.6 Å². The third-order valence-electron chi connectivity index (χ3n) is 5.28. The van der Waals surface area contributed by atoms with Gasteiger partial charge in [0, 0.05) is 12.2 Å². The van der Waals surface area contributed by atoms with Crippen LogP contribution in [0.15, 0.2) is 0 Å². The standard InChI is InChI=1S/C13H27NO5S.C9H18O2/c1-6-13(2,3)12(15)19-10-9-14(4,5)8-7-11-20(16,17)18;1-4-6-7-11-9(10)8(3)5-2/h6-11H2,1-5H3;8H,4-7H2,1-3H3. The predicted octanol–water partition coefficient (Wildman–Crippen LogP) is 3.35. The molecule has 9 heteroatoms. The highest BCUT2D eigenvalue weighted by atomic mass is 32.2. The molecule has 0 aromatic heterocycles. The van der Waals surface area contributed by atoms with Crippen LogP contribution >= 0.6 is 0 Å². The first kappa shape index (κ1) is 32.0. The minimum atomic E-state index is -4.15. The molecular formula is C22H45NO7S. The summed E-state index contributed by atoms with van der Waals surface area (Å²) in [6.45, 7) is 13.6. The van der Waals surface area contributed by atoms with Gasteiger partial charge in [0.15, 0.2) is 0 Å². The summed E-state index contributed by atoms with van der Waals surface area (Å²) in [5.74, 6) is -0.563. The molecular weight excluding hydrogens is 422 g/mol. The molecule has 0 bridgehead atoms. The number of rotatable bonds is 14. The fourth-order valence-corrected chi connectivity index (χ4v) is 2.62. The molecule has 0 fully saturated rings. The van der Waals surface area contributed by atoms with Gasteiger partial charge in [-0.3, -0.25) is 9.59 Å². The molecule has 0 aliphatic rings. The number of hydrogen-bond donors (Lipinski definition) is 0. The molecule has 31 heavy (non-hydrogen) atoms. The van der Waals surface area contributed by atoms with Gasteiger partial charge in [0.25, 0.3) is 0 Å². The van der Waals surface area contributed by atoms with Gasteiger partial charge in [-0.1, -0.05) is 34.1 Å². The van der Waals surface area contributed by atoms with E-state index in [4.69, 9.17) is 9.47 Å². The Kier molecular flexibility index (Phi) is 16.1. The Morgan fingerprint density at radius 2 is 1.58 bits per heavy atom. The number of quaternary nitrogens is 1. The topological polar surface area (TPSA) is 110 Å². The Labute approximate surface area is 190 Å². The molecule has 0 saturated heterocycles. The lowest BCUT2D eigenvalue weighted by Gasteiger charge is -2.30. The third kappa shape index (κ3) is 18.1. The van der Waals surface area contributed by atoms with Crippen molar-refractivity contribution in [1.82, 2.24) is 0 Å². The molecule has 1 atom stereocenters. The number of hydrogen-bond acceptors (Lipinski definition) is 7. The SMILES string of the molecule is CCC(C)(C)C(=O)OCC[N+](C)(C)CCCS(=O)(=O)[O-].CCCCOC(=O)C(C)CC. The summed E-state index contributed by atoms with van der Waals surface area (Å²) in [6.07, 6.45) is 3.94. The summed E-state index contributed by atoms with van der Waals surface area (Å²) in [7, 11) is -0.323. The Balaban J connectivity index is 0.